The van der Waals surface area contributed by atoms with Gasteiger partial charge in [0.2, 0.25) is 0 Å². The third-order valence-corrected chi connectivity index (χ3v) is 10.1. The van der Waals surface area contributed by atoms with E-state index in [1.807, 2.05) is 67.3 Å². The summed E-state index contributed by atoms with van der Waals surface area (Å²) in [6.07, 6.45) is 10.9. The summed E-state index contributed by atoms with van der Waals surface area (Å²) >= 11 is 0. The predicted molar refractivity (Wildman–Crippen MR) is 227 cm³/mol. The monoisotopic (exact) mass is 705 g/mol. The number of nitrogens with zero attached hydrogens (tertiary/aromatic N) is 5. The van der Waals surface area contributed by atoms with Crippen molar-refractivity contribution < 1.29 is 0 Å². The maximum absolute atomic E-state index is 5.34. The van der Waals surface area contributed by atoms with Crippen molar-refractivity contribution in [3.63, 3.8) is 0 Å². The minimum Gasteiger partial charge on any atom is -0.264 e. The van der Waals surface area contributed by atoms with Gasteiger partial charge in [0.15, 0.2) is 0 Å². The summed E-state index contributed by atoms with van der Waals surface area (Å²) in [5.41, 5.74) is 13.2. The molecule has 9 rings (SSSR count). The summed E-state index contributed by atoms with van der Waals surface area (Å²) in [7, 11) is 0. The fourth-order valence-corrected chi connectivity index (χ4v) is 7.10. The zero-order valence-electron chi connectivity index (χ0n) is 30.3. The molecule has 0 spiro atoms. The minimum absolute atomic E-state index is 0.597. The fraction of sp³-hybridized carbons (Fsp3) is 0.0200. The van der Waals surface area contributed by atoms with Crippen molar-refractivity contribution in [3.8, 4) is 44.8 Å². The second kappa shape index (κ2) is 14.6. The Morgan fingerprint density at radius 1 is 0.473 bits per heavy atom. The number of aromatic nitrogens is 4. The molecule has 0 unspecified atom stereocenters. The number of hydrogen-bond donors (Lipinski definition) is 0. The van der Waals surface area contributed by atoms with Gasteiger partial charge in [-0.1, -0.05) is 79.4 Å². The molecule has 260 valence electrons. The Bertz CT molecular complexity index is 2860. The quantitative estimate of drug-likeness (QED) is 0.148. The highest BCUT2D eigenvalue weighted by molar-refractivity contribution is 6.17. The lowest BCUT2D eigenvalue weighted by molar-refractivity contribution is 1.26. The van der Waals surface area contributed by atoms with E-state index in [9.17, 15) is 0 Å². The lowest BCUT2D eigenvalue weighted by Crippen LogP contribution is -2.09. The Balaban J connectivity index is 1.23. The summed E-state index contributed by atoms with van der Waals surface area (Å²) in [6.45, 7) is 6.66. The van der Waals surface area contributed by atoms with Crippen LogP contribution in [0.5, 0.6) is 0 Å². The van der Waals surface area contributed by atoms with Gasteiger partial charge in [0.1, 0.15) is 0 Å². The van der Waals surface area contributed by atoms with Crippen molar-refractivity contribution in [2.75, 3.05) is 0 Å². The van der Waals surface area contributed by atoms with Crippen molar-refractivity contribution in [1.29, 1.82) is 0 Å². The van der Waals surface area contributed by atoms with Gasteiger partial charge >= 0.3 is 0 Å². The normalized spacial score (nSPS) is 11.5. The second-order valence-electron chi connectivity index (χ2n) is 13.6. The van der Waals surface area contributed by atoms with Crippen LogP contribution in [0.2, 0.25) is 0 Å². The van der Waals surface area contributed by atoms with Gasteiger partial charge in [-0.15, -0.1) is 0 Å². The molecule has 4 aromatic heterocycles. The molecule has 0 atom stereocenters. The van der Waals surface area contributed by atoms with Crippen molar-refractivity contribution in [2.45, 2.75) is 6.92 Å². The molecule has 0 saturated carbocycles. The van der Waals surface area contributed by atoms with Crippen molar-refractivity contribution in [3.05, 3.63) is 212 Å². The lowest BCUT2D eigenvalue weighted by atomic mass is 9.87. The number of rotatable bonds is 8. The average Bonchev–Trinajstić information content (AvgIpc) is 3.26. The second-order valence-corrected chi connectivity index (χ2v) is 13.6. The van der Waals surface area contributed by atoms with Gasteiger partial charge in [-0.05, 0) is 129 Å². The van der Waals surface area contributed by atoms with Crippen LogP contribution in [0.1, 0.15) is 22.3 Å². The van der Waals surface area contributed by atoms with Crippen molar-refractivity contribution in [2.24, 2.45) is 4.99 Å². The summed E-state index contributed by atoms with van der Waals surface area (Å²) < 4.78 is 0. The Labute approximate surface area is 320 Å². The van der Waals surface area contributed by atoms with Gasteiger partial charge in [0, 0.05) is 65.0 Å². The zero-order valence-corrected chi connectivity index (χ0v) is 30.3. The molecule has 0 N–H and O–H groups in total. The smallest absolute Gasteiger partial charge is 0.0800 e. The maximum Gasteiger partial charge on any atom is 0.0800 e. The summed E-state index contributed by atoms with van der Waals surface area (Å²) in [4.78, 5) is 23.6. The first-order chi connectivity index (χ1) is 27.1. The van der Waals surface area contributed by atoms with Crippen LogP contribution in [0.15, 0.2) is 194 Å². The lowest BCUT2D eigenvalue weighted by Gasteiger charge is -2.18. The molecular weight excluding hydrogens is 671 g/mol. The van der Waals surface area contributed by atoms with E-state index >= 15 is 0 Å². The fourth-order valence-electron chi connectivity index (χ4n) is 7.10. The van der Waals surface area contributed by atoms with Crippen LogP contribution in [-0.2, 0) is 0 Å². The number of pyridine rings is 4. The summed E-state index contributed by atoms with van der Waals surface area (Å²) in [5, 5.41) is 4.79. The van der Waals surface area contributed by atoms with Crippen molar-refractivity contribution in [1.82, 2.24) is 19.9 Å². The largest absolute Gasteiger partial charge is 0.264 e. The molecule has 0 amide bonds. The molecule has 0 aliphatic rings. The molecule has 0 radical (unpaired) electrons. The highest BCUT2D eigenvalue weighted by Gasteiger charge is 2.19. The number of benzene rings is 5. The minimum atomic E-state index is 0.597. The molecule has 5 heteroatoms. The summed E-state index contributed by atoms with van der Waals surface area (Å²) in [5.74, 6) is 0. The predicted octanol–water partition coefficient (Wildman–Crippen LogP) is 12.1. The van der Waals surface area contributed by atoms with Crippen LogP contribution in [0, 0.1) is 6.92 Å². The molecule has 4 heterocycles. The third kappa shape index (κ3) is 6.83. The first-order valence-corrected chi connectivity index (χ1v) is 18.2. The zero-order chi connectivity index (χ0) is 37.1. The first kappa shape index (κ1) is 33.5. The first-order valence-electron chi connectivity index (χ1n) is 18.2. The van der Waals surface area contributed by atoms with E-state index in [1.165, 1.54) is 21.5 Å². The van der Waals surface area contributed by atoms with Gasteiger partial charge in [-0.3, -0.25) is 19.9 Å². The molecule has 0 saturated heterocycles. The number of fused-ring (bicyclic) bond motifs is 2. The van der Waals surface area contributed by atoms with E-state index in [1.54, 1.807) is 12.4 Å². The van der Waals surface area contributed by atoms with Crippen LogP contribution in [0.3, 0.4) is 0 Å². The van der Waals surface area contributed by atoms with Crippen LogP contribution in [0.25, 0.3) is 72.0 Å². The topological polar surface area (TPSA) is 63.9 Å². The van der Waals surface area contributed by atoms with E-state index < -0.39 is 0 Å². The molecule has 0 fully saturated rings. The molecule has 5 nitrogen and oxygen atoms in total. The van der Waals surface area contributed by atoms with Gasteiger partial charge in [0.25, 0.3) is 0 Å². The number of hydrogen-bond acceptors (Lipinski definition) is 5. The standard InChI is InChI=1S/C50H35N5/c1-33-46(40-18-16-36-10-4-6-12-38(36)26-40)27-45(39-17-15-35-9-3-5-11-37(35)25-39)28-47(33)50(44-20-22-49(54-32-44)43-14-8-24-52-30-43)55-34(2)41-19-21-48(53-31-41)42-13-7-23-51-29-42/h3-32H,2H2,1H3. The van der Waals surface area contributed by atoms with E-state index in [0.717, 1.165) is 72.7 Å². The van der Waals surface area contributed by atoms with Crippen LogP contribution in [-0.4, -0.2) is 25.6 Å². The molecule has 0 aliphatic heterocycles. The highest BCUT2D eigenvalue weighted by Crippen LogP contribution is 2.36. The van der Waals surface area contributed by atoms with Gasteiger partial charge in [0.05, 0.1) is 22.8 Å². The van der Waals surface area contributed by atoms with Gasteiger partial charge in [-0.2, -0.15) is 0 Å². The Morgan fingerprint density at radius 3 is 1.60 bits per heavy atom. The maximum atomic E-state index is 5.34. The van der Waals surface area contributed by atoms with Gasteiger partial charge in [-0.25, -0.2) is 4.99 Å². The molecule has 9 aromatic rings. The molecule has 0 bridgehead atoms. The Morgan fingerprint density at radius 2 is 1.04 bits per heavy atom. The molecule has 55 heavy (non-hydrogen) atoms. The molecule has 5 aromatic carbocycles. The number of aliphatic imine (C=N–C) groups is 1. The van der Waals surface area contributed by atoms with E-state index in [4.69, 9.17) is 15.0 Å². The van der Waals surface area contributed by atoms with E-state index in [2.05, 4.69) is 127 Å². The SMILES string of the molecule is C=C(N=C(c1ccc(-c2cccnc2)nc1)c1cc(-c2ccc3ccccc3c2)cc(-c2ccc3ccccc3c2)c1C)c1ccc(-c2cccnc2)nc1. The summed E-state index contributed by atoms with van der Waals surface area (Å²) in [6, 6.07) is 50.9. The van der Waals surface area contributed by atoms with Crippen LogP contribution in [0.4, 0.5) is 0 Å². The molecular formula is C50H35N5. The Kier molecular flexibility index (Phi) is 8.87. The van der Waals surface area contributed by atoms with Crippen LogP contribution < -0.4 is 0 Å². The molecule has 0 aliphatic carbocycles. The van der Waals surface area contributed by atoms with Gasteiger partial charge < -0.3 is 0 Å². The average molecular weight is 706 g/mol. The van der Waals surface area contributed by atoms with Crippen molar-refractivity contribution >= 4 is 33.0 Å². The van der Waals surface area contributed by atoms with E-state index in [0.29, 0.717) is 5.70 Å². The highest BCUT2D eigenvalue weighted by atomic mass is 14.8. The Hall–Kier alpha value is -7.37. The third-order valence-electron chi connectivity index (χ3n) is 10.1. The van der Waals surface area contributed by atoms with Crippen LogP contribution >= 0.6 is 0 Å². The van der Waals surface area contributed by atoms with E-state index in [-0.39, 0.29) is 0 Å².